The monoisotopic (exact) mass is 648 g/mol. The summed E-state index contributed by atoms with van der Waals surface area (Å²) < 4.78 is 105. The third-order valence-electron chi connectivity index (χ3n) is 6.77. The largest absolute Gasteiger partial charge is 0.530 e. The van der Waals surface area contributed by atoms with E-state index in [9.17, 15) is 31.3 Å². The molecule has 0 amide bonds. The molecule has 0 heterocycles. The lowest BCUT2D eigenvalue weighted by molar-refractivity contribution is -0.136. The van der Waals surface area contributed by atoms with E-state index in [1.54, 1.807) is 88.4 Å². The van der Waals surface area contributed by atoms with Crippen molar-refractivity contribution in [3.05, 3.63) is 130 Å². The first kappa shape index (κ1) is 33.8. The number of aryl methyl sites for hydroxylation is 2. The summed E-state index contributed by atoms with van der Waals surface area (Å²) in [6.07, 6.45) is -0.604. The first-order valence-electron chi connectivity index (χ1n) is 13.7. The molecular weight excluding hydrogens is 618 g/mol. The highest BCUT2D eigenvalue weighted by Gasteiger charge is 2.37. The Labute approximate surface area is 257 Å². The Hall–Kier alpha value is -4.05. The van der Waals surface area contributed by atoms with Gasteiger partial charge in [0.25, 0.3) is 0 Å². The van der Waals surface area contributed by atoms with Crippen molar-refractivity contribution in [3.8, 4) is 11.5 Å². The third-order valence-corrected chi connectivity index (χ3v) is 8.08. The smallest absolute Gasteiger partial charge is 0.420 e. The minimum Gasteiger partial charge on any atom is -0.420 e. The van der Waals surface area contributed by atoms with Crippen molar-refractivity contribution in [3.63, 3.8) is 0 Å². The summed E-state index contributed by atoms with van der Waals surface area (Å²) in [7, 11) is -4.36. The Morgan fingerprint density at radius 2 is 1.20 bits per heavy atom. The molecule has 4 rings (SSSR count). The summed E-state index contributed by atoms with van der Waals surface area (Å²) in [5.41, 5.74) is 1.76. The first-order valence-corrected chi connectivity index (χ1v) is 15.2. The number of rotatable bonds is 12. The van der Waals surface area contributed by atoms with Crippen LogP contribution in [-0.4, -0.2) is 5.97 Å². The summed E-state index contributed by atoms with van der Waals surface area (Å²) in [5.74, 6) is -14.4. The number of esters is 1. The average molecular weight is 649 g/mol. The molecule has 0 bridgehead atoms. The van der Waals surface area contributed by atoms with Crippen LogP contribution in [0.4, 0.5) is 22.0 Å². The molecule has 0 aliphatic rings. The number of halogens is 5. The van der Waals surface area contributed by atoms with Crippen LogP contribution >= 0.6 is 7.82 Å². The van der Waals surface area contributed by atoms with E-state index in [0.29, 0.717) is 27.8 Å². The topological polar surface area (TPSA) is 71.1 Å². The zero-order valence-corrected chi connectivity index (χ0v) is 25.7. The number of carbonyl (C=O) groups is 1. The van der Waals surface area contributed by atoms with Crippen molar-refractivity contribution in [2.75, 3.05) is 0 Å². The molecule has 0 atom stereocenters. The number of hydrogen-bond acceptors (Lipinski definition) is 6. The molecule has 0 aromatic heterocycles. The van der Waals surface area contributed by atoms with Gasteiger partial charge in [0.15, 0.2) is 0 Å². The highest BCUT2D eigenvalue weighted by molar-refractivity contribution is 7.48. The molecule has 0 spiro atoms. The SMILES string of the molecule is Cc1cc(C)c(C(C)(C)CC(=O)Oc2c(F)c(F)c(F)c(F)c2F)c(OP(=O)(OCc2ccccc2)OCc2ccccc2)c1. The molecule has 0 saturated carbocycles. The van der Waals surface area contributed by atoms with E-state index >= 15 is 0 Å². The van der Waals surface area contributed by atoms with Gasteiger partial charge in [-0.25, -0.2) is 17.7 Å². The Kier molecular flexibility index (Phi) is 10.5. The summed E-state index contributed by atoms with van der Waals surface area (Å²) in [6, 6.07) is 21.1. The van der Waals surface area contributed by atoms with E-state index < -0.39 is 60.5 Å². The van der Waals surface area contributed by atoms with Crippen LogP contribution in [0.5, 0.6) is 11.5 Å². The van der Waals surface area contributed by atoms with Gasteiger partial charge in [0.05, 0.1) is 19.6 Å². The Morgan fingerprint density at radius 3 is 1.69 bits per heavy atom. The normalized spacial score (nSPS) is 11.8. The van der Waals surface area contributed by atoms with E-state index in [1.165, 1.54) is 0 Å². The Morgan fingerprint density at radius 1 is 0.733 bits per heavy atom. The molecule has 0 radical (unpaired) electrons. The van der Waals surface area contributed by atoms with Crippen LogP contribution in [-0.2, 0) is 37.0 Å². The van der Waals surface area contributed by atoms with Gasteiger partial charge >= 0.3 is 13.8 Å². The van der Waals surface area contributed by atoms with Crippen molar-refractivity contribution < 1.29 is 49.6 Å². The minimum absolute atomic E-state index is 0.0333. The second kappa shape index (κ2) is 13.9. The molecule has 0 aliphatic carbocycles. The van der Waals surface area contributed by atoms with Gasteiger partial charge in [-0.15, -0.1) is 0 Å². The number of ether oxygens (including phenoxy) is 1. The molecule has 0 aliphatic heterocycles. The molecule has 45 heavy (non-hydrogen) atoms. The molecule has 12 heteroatoms. The third kappa shape index (κ3) is 8.16. The summed E-state index contributed by atoms with van der Waals surface area (Å²) in [5, 5.41) is 0. The van der Waals surface area contributed by atoms with E-state index in [1.807, 2.05) is 12.1 Å². The van der Waals surface area contributed by atoms with E-state index in [4.69, 9.17) is 13.6 Å². The molecule has 0 unspecified atom stereocenters. The predicted octanol–water partition coefficient (Wildman–Crippen LogP) is 9.19. The van der Waals surface area contributed by atoms with E-state index in [-0.39, 0.29) is 19.0 Å². The van der Waals surface area contributed by atoms with Crippen molar-refractivity contribution in [2.24, 2.45) is 0 Å². The number of phosphoric acid groups is 1. The maximum Gasteiger partial charge on any atom is 0.530 e. The van der Waals surface area contributed by atoms with Crippen LogP contribution < -0.4 is 9.26 Å². The van der Waals surface area contributed by atoms with Gasteiger partial charge in [0.2, 0.25) is 34.8 Å². The number of hydrogen-bond donors (Lipinski definition) is 0. The van der Waals surface area contributed by atoms with Crippen molar-refractivity contribution >= 4 is 13.8 Å². The molecule has 238 valence electrons. The van der Waals surface area contributed by atoms with Gasteiger partial charge in [-0.05, 0) is 42.2 Å². The van der Waals surface area contributed by atoms with E-state index in [0.717, 1.165) is 0 Å². The van der Waals surface area contributed by atoms with Crippen LogP contribution in [0.2, 0.25) is 0 Å². The second-order valence-corrected chi connectivity index (χ2v) is 12.5. The zero-order valence-electron chi connectivity index (χ0n) is 24.8. The van der Waals surface area contributed by atoms with Gasteiger partial charge in [0.1, 0.15) is 5.75 Å². The fourth-order valence-corrected chi connectivity index (χ4v) is 5.99. The number of phosphoric ester groups is 1. The van der Waals surface area contributed by atoms with Gasteiger partial charge < -0.3 is 9.26 Å². The van der Waals surface area contributed by atoms with E-state index in [2.05, 4.69) is 4.74 Å². The summed E-state index contributed by atoms with van der Waals surface area (Å²) in [4.78, 5) is 12.9. The fourth-order valence-electron chi connectivity index (χ4n) is 4.81. The quantitative estimate of drug-likeness (QED) is 0.0381. The lowest BCUT2D eigenvalue weighted by Gasteiger charge is -2.30. The highest BCUT2D eigenvalue weighted by Crippen LogP contribution is 2.53. The van der Waals surface area contributed by atoms with Gasteiger partial charge in [0, 0.05) is 11.0 Å². The number of benzene rings is 4. The van der Waals surface area contributed by atoms with Crippen LogP contribution in [0.25, 0.3) is 0 Å². The highest BCUT2D eigenvalue weighted by atomic mass is 31.2. The second-order valence-electron chi connectivity index (χ2n) is 10.9. The average Bonchev–Trinajstić information content (AvgIpc) is 2.99. The van der Waals surface area contributed by atoms with Crippen molar-refractivity contribution in [1.29, 1.82) is 0 Å². The lowest BCUT2D eigenvalue weighted by atomic mass is 9.78. The van der Waals surface area contributed by atoms with Crippen molar-refractivity contribution in [2.45, 2.75) is 52.7 Å². The van der Waals surface area contributed by atoms with Crippen LogP contribution in [0.3, 0.4) is 0 Å². The van der Waals surface area contributed by atoms with Gasteiger partial charge in [-0.3, -0.25) is 13.8 Å². The van der Waals surface area contributed by atoms with Crippen LogP contribution in [0.1, 0.15) is 48.1 Å². The van der Waals surface area contributed by atoms with Crippen LogP contribution in [0.15, 0.2) is 72.8 Å². The fraction of sp³-hybridized carbons (Fsp3) is 0.242. The molecular formula is C33H30F5O6P. The standard InChI is InChI=1S/C33H30F5O6P/c1-20-15-21(2)26(33(3,4)17-25(39)43-32-30(37)28(35)27(34)29(36)31(32)38)24(16-20)44-45(40,41-18-22-11-7-5-8-12-22)42-19-23-13-9-6-10-14-23/h5-16H,17-19H2,1-4H3. The Balaban J connectivity index is 1.65. The lowest BCUT2D eigenvalue weighted by Crippen LogP contribution is -2.27. The number of carbonyl (C=O) groups excluding carboxylic acids is 1. The maximum atomic E-state index is 14.2. The Bertz CT molecular complexity index is 1650. The maximum absolute atomic E-state index is 14.2. The molecule has 0 N–H and O–H groups in total. The minimum atomic E-state index is -4.36. The van der Waals surface area contributed by atoms with Gasteiger partial charge in [-0.2, -0.15) is 8.78 Å². The molecule has 6 nitrogen and oxygen atoms in total. The molecule has 4 aromatic rings. The predicted molar refractivity (Wildman–Crippen MR) is 156 cm³/mol. The summed E-state index contributed by atoms with van der Waals surface area (Å²) >= 11 is 0. The van der Waals surface area contributed by atoms with Gasteiger partial charge in [-0.1, -0.05) is 80.6 Å². The first-order chi connectivity index (χ1) is 21.2. The molecule has 4 aromatic carbocycles. The summed E-state index contributed by atoms with van der Waals surface area (Å²) in [6.45, 7) is 6.35. The van der Waals surface area contributed by atoms with Crippen molar-refractivity contribution in [1.82, 2.24) is 0 Å². The molecule has 0 fully saturated rings. The molecule has 0 saturated heterocycles. The zero-order chi connectivity index (χ0) is 32.9. The van der Waals surface area contributed by atoms with Crippen LogP contribution in [0, 0.1) is 42.9 Å².